The fourth-order valence-electron chi connectivity index (χ4n) is 4.29. The second kappa shape index (κ2) is 7.27. The van der Waals surface area contributed by atoms with Gasteiger partial charge in [0.15, 0.2) is 5.96 Å². The highest BCUT2D eigenvalue weighted by atomic mass is 32.1. The van der Waals surface area contributed by atoms with Crippen LogP contribution in [-0.2, 0) is 10.3 Å². The molecule has 3 heterocycles. The first-order valence-corrected chi connectivity index (χ1v) is 11.2. The lowest BCUT2D eigenvalue weighted by Crippen LogP contribution is -2.52. The number of halogens is 1. The van der Waals surface area contributed by atoms with Crippen molar-refractivity contribution in [2.45, 2.75) is 37.1 Å². The number of hydrogen-bond acceptors (Lipinski definition) is 5. The predicted octanol–water partition coefficient (Wildman–Crippen LogP) is 4.61. The first-order valence-electron chi connectivity index (χ1n) is 10.3. The van der Waals surface area contributed by atoms with E-state index in [1.165, 1.54) is 46.9 Å². The van der Waals surface area contributed by atoms with Crippen LogP contribution in [0.2, 0.25) is 0 Å². The minimum Gasteiger partial charge on any atom is -0.369 e. The molecule has 1 aliphatic carbocycles. The second-order valence-electron chi connectivity index (χ2n) is 8.48. The number of amides is 1. The highest BCUT2D eigenvalue weighted by Crippen LogP contribution is 2.47. The Morgan fingerprint density at radius 3 is 2.52 bits per heavy atom. The Kier molecular flexibility index (Phi) is 4.66. The summed E-state index contributed by atoms with van der Waals surface area (Å²) in [5.74, 6) is -0.132. The summed E-state index contributed by atoms with van der Waals surface area (Å²) < 4.78 is 13.7. The second-order valence-corrected chi connectivity index (χ2v) is 9.39. The van der Waals surface area contributed by atoms with Crippen LogP contribution in [0.3, 0.4) is 0 Å². The lowest BCUT2D eigenvalue weighted by molar-refractivity contribution is -0.130. The monoisotopic (exact) mass is 434 g/mol. The third-order valence-electron chi connectivity index (χ3n) is 6.29. The van der Waals surface area contributed by atoms with Gasteiger partial charge in [-0.1, -0.05) is 24.3 Å². The van der Waals surface area contributed by atoms with Crippen LogP contribution in [0, 0.1) is 5.82 Å². The van der Waals surface area contributed by atoms with E-state index < -0.39 is 11.5 Å². The van der Waals surface area contributed by atoms with Gasteiger partial charge in [-0.05, 0) is 59.9 Å². The molecule has 1 saturated carbocycles. The summed E-state index contributed by atoms with van der Waals surface area (Å²) in [4.78, 5) is 24.4. The molecule has 158 valence electrons. The van der Waals surface area contributed by atoms with Gasteiger partial charge in [0.05, 0.1) is 12.1 Å². The van der Waals surface area contributed by atoms with E-state index >= 15 is 0 Å². The standard InChI is InChI=1S/C24H23FN4OS/c1-24(20-10-18(13-31-20)17-9-19(25)12-27-11-17)21(22(30)29(2)23(26)28-24)16-7-5-15(6-8-16)14-3-4-14/h5-14,21H,3-4H2,1-2H3,(H2,26,28)/t21-,24+/m0/s1. The molecule has 0 saturated heterocycles. The van der Waals surface area contributed by atoms with Crippen LogP contribution in [0.5, 0.6) is 0 Å². The van der Waals surface area contributed by atoms with E-state index in [1.54, 1.807) is 13.2 Å². The Balaban J connectivity index is 1.59. The number of hydrogen-bond donors (Lipinski definition) is 1. The van der Waals surface area contributed by atoms with Gasteiger partial charge in [-0.3, -0.25) is 14.7 Å². The van der Waals surface area contributed by atoms with E-state index in [9.17, 15) is 9.18 Å². The number of nitrogens with two attached hydrogens (primary N) is 1. The number of rotatable bonds is 4. The molecule has 2 atom stereocenters. The summed E-state index contributed by atoms with van der Waals surface area (Å²) in [6.07, 6.45) is 5.27. The van der Waals surface area contributed by atoms with Crippen LogP contribution < -0.4 is 5.73 Å². The molecule has 2 aliphatic rings. The van der Waals surface area contributed by atoms with Crippen LogP contribution in [0.15, 0.2) is 59.2 Å². The lowest BCUT2D eigenvalue weighted by Gasteiger charge is -2.40. The van der Waals surface area contributed by atoms with Crippen molar-refractivity contribution in [1.82, 2.24) is 9.88 Å². The van der Waals surface area contributed by atoms with Crippen LogP contribution in [0.1, 0.15) is 47.6 Å². The largest absolute Gasteiger partial charge is 0.369 e. The average Bonchev–Trinajstić information content (AvgIpc) is 3.48. The molecule has 1 aliphatic heterocycles. The molecule has 1 amide bonds. The van der Waals surface area contributed by atoms with Crippen LogP contribution in [0.4, 0.5) is 4.39 Å². The fourth-order valence-corrected chi connectivity index (χ4v) is 5.34. The lowest BCUT2D eigenvalue weighted by atomic mass is 9.77. The van der Waals surface area contributed by atoms with Crippen molar-refractivity contribution in [3.8, 4) is 11.1 Å². The molecule has 5 rings (SSSR count). The quantitative estimate of drug-likeness (QED) is 0.652. The van der Waals surface area contributed by atoms with E-state index in [1.807, 2.05) is 30.5 Å². The summed E-state index contributed by atoms with van der Waals surface area (Å²) >= 11 is 1.49. The number of aliphatic imine (C=N–C) groups is 1. The predicted molar refractivity (Wildman–Crippen MR) is 120 cm³/mol. The van der Waals surface area contributed by atoms with Crippen LogP contribution >= 0.6 is 11.3 Å². The number of carbonyl (C=O) groups is 1. The van der Waals surface area contributed by atoms with Gasteiger partial charge in [-0.25, -0.2) is 9.38 Å². The maximum absolute atomic E-state index is 13.7. The Morgan fingerprint density at radius 2 is 1.84 bits per heavy atom. The zero-order valence-corrected chi connectivity index (χ0v) is 18.2. The number of nitrogens with zero attached hydrogens (tertiary/aromatic N) is 3. The molecule has 5 nitrogen and oxygen atoms in total. The van der Waals surface area contributed by atoms with Crippen molar-refractivity contribution in [1.29, 1.82) is 0 Å². The van der Waals surface area contributed by atoms with Gasteiger partial charge < -0.3 is 5.73 Å². The summed E-state index contributed by atoms with van der Waals surface area (Å²) in [5.41, 5.74) is 9.04. The summed E-state index contributed by atoms with van der Waals surface area (Å²) in [7, 11) is 1.66. The van der Waals surface area contributed by atoms with Crippen molar-refractivity contribution < 1.29 is 9.18 Å². The molecule has 0 bridgehead atoms. The highest BCUT2D eigenvalue weighted by molar-refractivity contribution is 7.10. The molecule has 2 aromatic heterocycles. The van der Waals surface area contributed by atoms with E-state index in [2.05, 4.69) is 17.1 Å². The maximum atomic E-state index is 13.7. The normalized spacial score (nSPS) is 23.7. The minimum absolute atomic E-state index is 0.0865. The van der Waals surface area contributed by atoms with E-state index in [0.717, 1.165) is 16.0 Å². The van der Waals surface area contributed by atoms with Crippen molar-refractivity contribution >= 4 is 23.2 Å². The molecule has 3 aromatic rings. The summed E-state index contributed by atoms with van der Waals surface area (Å²) in [6.45, 7) is 1.95. The van der Waals surface area contributed by atoms with Crippen molar-refractivity contribution in [2.75, 3.05) is 7.05 Å². The van der Waals surface area contributed by atoms with Crippen molar-refractivity contribution in [2.24, 2.45) is 10.7 Å². The number of thiophene rings is 1. The smallest absolute Gasteiger partial charge is 0.239 e. The molecule has 1 aromatic carbocycles. The number of likely N-dealkylation sites (N-methyl/N-ethyl adjacent to an activating group) is 1. The summed E-state index contributed by atoms with van der Waals surface area (Å²) in [5, 5.41) is 1.94. The van der Waals surface area contributed by atoms with Gasteiger partial charge >= 0.3 is 0 Å². The Bertz CT molecular complexity index is 1180. The number of guanidine groups is 1. The van der Waals surface area contributed by atoms with Crippen molar-refractivity contribution in [3.05, 3.63) is 76.0 Å². The van der Waals surface area contributed by atoms with Crippen LogP contribution in [-0.4, -0.2) is 28.8 Å². The SMILES string of the molecule is CN1C(=O)[C@H](c2ccc(C3CC3)cc2)[C@@](C)(c2cc(-c3cncc(F)c3)cs2)N=C1N. The molecule has 1 fully saturated rings. The molecule has 2 N–H and O–H groups in total. The summed E-state index contributed by atoms with van der Waals surface area (Å²) in [6, 6.07) is 11.8. The molecule has 0 spiro atoms. The Hall–Kier alpha value is -3.06. The van der Waals surface area contributed by atoms with Gasteiger partial charge in [0.1, 0.15) is 11.4 Å². The number of benzene rings is 1. The zero-order chi connectivity index (χ0) is 21.8. The average molecular weight is 435 g/mol. The first-order chi connectivity index (χ1) is 14.9. The third-order valence-corrected chi connectivity index (χ3v) is 7.44. The van der Waals surface area contributed by atoms with Gasteiger partial charge in [-0.15, -0.1) is 11.3 Å². The van der Waals surface area contributed by atoms with Crippen molar-refractivity contribution in [3.63, 3.8) is 0 Å². The Morgan fingerprint density at radius 1 is 1.13 bits per heavy atom. The number of carbonyl (C=O) groups excluding carboxylic acids is 1. The van der Waals surface area contributed by atoms with Crippen LogP contribution in [0.25, 0.3) is 11.1 Å². The molecule has 31 heavy (non-hydrogen) atoms. The van der Waals surface area contributed by atoms with Gasteiger partial charge in [-0.2, -0.15) is 0 Å². The molecular weight excluding hydrogens is 411 g/mol. The molecule has 0 radical (unpaired) electrons. The zero-order valence-electron chi connectivity index (χ0n) is 17.4. The molecule has 7 heteroatoms. The van der Waals surface area contributed by atoms with E-state index in [4.69, 9.17) is 10.7 Å². The highest BCUT2D eigenvalue weighted by Gasteiger charge is 2.48. The van der Waals surface area contributed by atoms with Gasteiger partial charge in [0.25, 0.3) is 0 Å². The third kappa shape index (κ3) is 3.43. The van der Waals surface area contributed by atoms with Gasteiger partial charge in [0, 0.05) is 23.7 Å². The van der Waals surface area contributed by atoms with Gasteiger partial charge in [0.2, 0.25) is 5.91 Å². The van der Waals surface area contributed by atoms with E-state index in [-0.39, 0.29) is 17.7 Å². The fraction of sp³-hybridized carbons (Fsp3) is 0.292. The topological polar surface area (TPSA) is 71.6 Å². The molecular formula is C24H23FN4OS. The first kappa shape index (κ1) is 19.9. The number of pyridine rings is 1. The maximum Gasteiger partial charge on any atom is 0.239 e. The minimum atomic E-state index is -0.863. The van der Waals surface area contributed by atoms with E-state index in [0.29, 0.717) is 11.5 Å². The Labute approximate surface area is 184 Å². The number of aromatic nitrogens is 1. The molecule has 0 unspecified atom stereocenters.